The fourth-order valence-corrected chi connectivity index (χ4v) is 3.47. The first-order chi connectivity index (χ1) is 8.16. The Morgan fingerprint density at radius 1 is 1.47 bits per heavy atom. The van der Waals surface area contributed by atoms with E-state index in [0.29, 0.717) is 0 Å². The lowest BCUT2D eigenvalue weighted by Gasteiger charge is -2.41. The number of fused-ring (bicyclic) bond motifs is 3. The number of aliphatic carboxylic acids is 1. The van der Waals surface area contributed by atoms with Gasteiger partial charge in [0.1, 0.15) is 5.70 Å². The van der Waals surface area contributed by atoms with Crippen LogP contribution in [-0.4, -0.2) is 27.9 Å². The summed E-state index contributed by atoms with van der Waals surface area (Å²) in [4.78, 5) is 24.7. The summed E-state index contributed by atoms with van der Waals surface area (Å²) in [5.41, 5.74) is 2.07. The third-order valence-electron chi connectivity index (χ3n) is 4.16. The molecule has 0 radical (unpaired) electrons. The Balaban J connectivity index is 2.07. The van der Waals surface area contributed by atoms with Crippen molar-refractivity contribution < 1.29 is 14.7 Å². The number of hydrogen-bond acceptors (Lipinski definition) is 2. The number of nitrogens with zero attached hydrogens (tertiary/aromatic N) is 1. The highest BCUT2D eigenvalue weighted by atomic mass is 16.4. The molecule has 4 heteroatoms. The van der Waals surface area contributed by atoms with Crippen molar-refractivity contribution in [3.05, 3.63) is 22.9 Å². The fourth-order valence-electron chi connectivity index (χ4n) is 3.47. The van der Waals surface area contributed by atoms with E-state index in [1.165, 1.54) is 4.90 Å². The van der Waals surface area contributed by atoms with Crippen LogP contribution >= 0.6 is 0 Å². The van der Waals surface area contributed by atoms with Gasteiger partial charge in [0.25, 0.3) is 5.91 Å². The zero-order valence-corrected chi connectivity index (χ0v) is 9.77. The third kappa shape index (κ3) is 1.18. The highest BCUT2D eigenvalue weighted by Crippen LogP contribution is 2.50. The molecule has 3 rings (SSSR count). The Morgan fingerprint density at radius 3 is 2.88 bits per heavy atom. The molecule has 90 valence electrons. The Labute approximate surface area is 99.6 Å². The highest BCUT2D eigenvalue weighted by Gasteiger charge is 2.56. The molecule has 2 aliphatic heterocycles. The predicted molar refractivity (Wildman–Crippen MR) is 61.0 cm³/mol. The van der Waals surface area contributed by atoms with Crippen molar-refractivity contribution >= 4 is 11.9 Å². The smallest absolute Gasteiger partial charge is 0.352 e. The maximum absolute atomic E-state index is 11.9. The van der Waals surface area contributed by atoms with Gasteiger partial charge in [-0.1, -0.05) is 12.5 Å². The third-order valence-corrected chi connectivity index (χ3v) is 4.16. The largest absolute Gasteiger partial charge is 0.477 e. The van der Waals surface area contributed by atoms with E-state index in [1.54, 1.807) is 0 Å². The summed E-state index contributed by atoms with van der Waals surface area (Å²) in [5, 5.41) is 9.28. The van der Waals surface area contributed by atoms with E-state index >= 15 is 0 Å². The van der Waals surface area contributed by atoms with Gasteiger partial charge in [0.2, 0.25) is 0 Å². The maximum atomic E-state index is 11.9. The van der Waals surface area contributed by atoms with Crippen molar-refractivity contribution in [3.63, 3.8) is 0 Å². The lowest BCUT2D eigenvalue weighted by Crippen LogP contribution is -2.54. The molecule has 2 atom stereocenters. The van der Waals surface area contributed by atoms with Gasteiger partial charge in [-0.05, 0) is 31.8 Å². The number of carboxylic acid groups (broad SMARTS) is 1. The Kier molecular flexibility index (Phi) is 2.15. The zero-order valence-electron chi connectivity index (χ0n) is 9.77. The number of allylic oxidation sites excluding steroid dienone is 1. The summed E-state index contributed by atoms with van der Waals surface area (Å²) >= 11 is 0. The first-order valence-corrected chi connectivity index (χ1v) is 6.13. The van der Waals surface area contributed by atoms with Crippen molar-refractivity contribution in [2.75, 3.05) is 0 Å². The Morgan fingerprint density at radius 2 is 2.24 bits per heavy atom. The van der Waals surface area contributed by atoms with Crippen LogP contribution in [0.25, 0.3) is 0 Å². The van der Waals surface area contributed by atoms with Crippen LogP contribution in [0.1, 0.15) is 32.6 Å². The second kappa shape index (κ2) is 3.45. The quantitative estimate of drug-likeness (QED) is 0.554. The number of carboxylic acids is 1. The predicted octanol–water partition coefficient (Wildman–Crippen LogP) is 1.69. The number of rotatable bonds is 1. The lowest BCUT2D eigenvalue weighted by atomic mass is 9.77. The van der Waals surface area contributed by atoms with E-state index in [1.807, 2.05) is 13.0 Å². The molecule has 1 saturated heterocycles. The number of carbonyl (C=O) groups is 2. The van der Waals surface area contributed by atoms with Gasteiger partial charge in [0.05, 0.1) is 6.04 Å². The number of amides is 1. The lowest BCUT2D eigenvalue weighted by molar-refractivity contribution is -0.142. The zero-order chi connectivity index (χ0) is 12.2. The van der Waals surface area contributed by atoms with E-state index in [9.17, 15) is 14.7 Å². The van der Waals surface area contributed by atoms with Crippen LogP contribution in [0.3, 0.4) is 0 Å². The minimum Gasteiger partial charge on any atom is -0.477 e. The summed E-state index contributed by atoms with van der Waals surface area (Å²) in [6.45, 7) is 1.85. The second-order valence-corrected chi connectivity index (χ2v) is 4.90. The molecule has 1 saturated carbocycles. The molecule has 0 aromatic rings. The SMILES string of the molecule is C/C=C1/C(=O)N2C(C(=O)O)=C3CCCC[C@@H]3[C@H]12. The van der Waals surface area contributed by atoms with Crippen LogP contribution in [0.4, 0.5) is 0 Å². The molecule has 0 unspecified atom stereocenters. The van der Waals surface area contributed by atoms with Crippen molar-refractivity contribution in [1.82, 2.24) is 4.90 Å². The van der Waals surface area contributed by atoms with E-state index in [-0.39, 0.29) is 23.6 Å². The summed E-state index contributed by atoms with van der Waals surface area (Å²) in [6.07, 6.45) is 5.86. The fraction of sp³-hybridized carbons (Fsp3) is 0.538. The number of β-lactam (4-membered cyclic amide) rings is 1. The van der Waals surface area contributed by atoms with Gasteiger partial charge in [-0.25, -0.2) is 4.79 Å². The molecule has 3 aliphatic rings. The number of carbonyl (C=O) groups excluding carboxylic acids is 1. The van der Waals surface area contributed by atoms with Gasteiger partial charge in [0, 0.05) is 11.5 Å². The summed E-state index contributed by atoms with van der Waals surface area (Å²) in [6, 6.07) is 0.0221. The van der Waals surface area contributed by atoms with Crippen LogP contribution in [0.2, 0.25) is 0 Å². The van der Waals surface area contributed by atoms with E-state index in [2.05, 4.69) is 0 Å². The van der Waals surface area contributed by atoms with Crippen molar-refractivity contribution in [3.8, 4) is 0 Å². The minimum atomic E-state index is -0.946. The summed E-state index contributed by atoms with van der Waals surface area (Å²) in [7, 11) is 0. The Bertz CT molecular complexity index is 475. The van der Waals surface area contributed by atoms with Crippen LogP contribution in [0.5, 0.6) is 0 Å². The normalized spacial score (nSPS) is 33.6. The van der Waals surface area contributed by atoms with Crippen LogP contribution in [-0.2, 0) is 9.59 Å². The van der Waals surface area contributed by atoms with Crippen LogP contribution in [0, 0.1) is 5.92 Å². The van der Waals surface area contributed by atoms with Gasteiger partial charge in [-0.3, -0.25) is 9.69 Å². The minimum absolute atomic E-state index is 0.0221. The highest BCUT2D eigenvalue weighted by molar-refractivity contribution is 6.09. The van der Waals surface area contributed by atoms with Gasteiger partial charge in [-0.2, -0.15) is 0 Å². The molecule has 2 heterocycles. The van der Waals surface area contributed by atoms with E-state index < -0.39 is 5.97 Å². The van der Waals surface area contributed by atoms with Gasteiger partial charge < -0.3 is 5.11 Å². The molecule has 1 amide bonds. The molecule has 1 N–H and O–H groups in total. The standard InChI is InChI=1S/C13H15NO3/c1-2-7-10-8-5-3-4-6-9(8)11(13(16)17)14(10)12(7)15/h2,8,10H,3-6H2,1H3,(H,16,17)/b7-2+/t8-,10-/m0/s1. The van der Waals surface area contributed by atoms with Gasteiger partial charge >= 0.3 is 5.97 Å². The summed E-state index contributed by atoms with van der Waals surface area (Å²) in [5.74, 6) is -0.798. The average Bonchev–Trinajstić information content (AvgIpc) is 2.61. The van der Waals surface area contributed by atoms with Gasteiger partial charge in [0.15, 0.2) is 0 Å². The molecule has 0 bridgehead atoms. The Hall–Kier alpha value is -1.58. The molecular weight excluding hydrogens is 218 g/mol. The molecule has 0 spiro atoms. The van der Waals surface area contributed by atoms with E-state index in [0.717, 1.165) is 36.8 Å². The summed E-state index contributed by atoms with van der Waals surface area (Å²) < 4.78 is 0. The van der Waals surface area contributed by atoms with Gasteiger partial charge in [-0.15, -0.1) is 0 Å². The molecular formula is C13H15NO3. The average molecular weight is 233 g/mol. The topological polar surface area (TPSA) is 57.6 Å². The van der Waals surface area contributed by atoms with Crippen LogP contribution < -0.4 is 0 Å². The van der Waals surface area contributed by atoms with Crippen molar-refractivity contribution in [2.24, 2.45) is 5.92 Å². The van der Waals surface area contributed by atoms with E-state index in [4.69, 9.17) is 0 Å². The maximum Gasteiger partial charge on any atom is 0.352 e. The molecule has 2 fully saturated rings. The molecule has 0 aromatic carbocycles. The van der Waals surface area contributed by atoms with Crippen LogP contribution in [0.15, 0.2) is 22.9 Å². The monoisotopic (exact) mass is 233 g/mol. The molecule has 17 heavy (non-hydrogen) atoms. The molecule has 4 nitrogen and oxygen atoms in total. The number of hydrogen-bond donors (Lipinski definition) is 1. The van der Waals surface area contributed by atoms with Crippen molar-refractivity contribution in [1.29, 1.82) is 0 Å². The molecule has 1 aliphatic carbocycles. The second-order valence-electron chi connectivity index (χ2n) is 4.90. The van der Waals surface area contributed by atoms with Crippen molar-refractivity contribution in [2.45, 2.75) is 38.6 Å². The first kappa shape index (κ1) is 10.6. The molecule has 0 aromatic heterocycles. The first-order valence-electron chi connectivity index (χ1n) is 6.13.